The first-order chi connectivity index (χ1) is 21.9. The molecular weight excluding hydrogens is 532 g/mol. The maximum absolute atomic E-state index is 2.48. The lowest BCUT2D eigenvalue weighted by Crippen LogP contribution is -1.97. The topological polar surface area (TPSA) is 9.86 Å². The van der Waals surface area contributed by atoms with Gasteiger partial charge in [0.15, 0.2) is 0 Å². The van der Waals surface area contributed by atoms with Crippen LogP contribution in [0.1, 0.15) is 0 Å². The van der Waals surface area contributed by atoms with Gasteiger partial charge < -0.3 is 9.13 Å². The molecule has 0 aliphatic carbocycles. The molecule has 0 N–H and O–H groups in total. The van der Waals surface area contributed by atoms with E-state index in [2.05, 4.69) is 179 Å². The van der Waals surface area contributed by atoms with Crippen molar-refractivity contribution in [3.8, 4) is 33.6 Å². The van der Waals surface area contributed by atoms with Gasteiger partial charge >= 0.3 is 0 Å². The Morgan fingerprint density at radius 2 is 0.864 bits per heavy atom. The summed E-state index contributed by atoms with van der Waals surface area (Å²) >= 11 is 0. The van der Waals surface area contributed by atoms with Gasteiger partial charge in [-0.05, 0) is 59.2 Å². The zero-order chi connectivity index (χ0) is 29.0. The van der Waals surface area contributed by atoms with E-state index < -0.39 is 0 Å². The van der Waals surface area contributed by atoms with E-state index in [4.69, 9.17) is 0 Å². The molecule has 7 aromatic carbocycles. The van der Waals surface area contributed by atoms with Crippen LogP contribution in [0.5, 0.6) is 0 Å². The first kappa shape index (κ1) is 24.7. The van der Waals surface area contributed by atoms with Gasteiger partial charge in [-0.2, -0.15) is 0 Å². The number of fused-ring (bicyclic) bond motifs is 6. The second kappa shape index (κ2) is 9.86. The van der Waals surface area contributed by atoms with Crippen LogP contribution in [0.3, 0.4) is 0 Å². The van der Waals surface area contributed by atoms with Gasteiger partial charge in [0, 0.05) is 38.5 Å². The van der Waals surface area contributed by atoms with Crippen LogP contribution in [0.25, 0.3) is 77.2 Å². The minimum atomic E-state index is 1.15. The molecule has 9 rings (SSSR count). The summed E-state index contributed by atoms with van der Waals surface area (Å²) in [5.74, 6) is 0. The largest absolute Gasteiger partial charge is 0.309 e. The first-order valence-electron chi connectivity index (χ1n) is 15.1. The Balaban J connectivity index is 1.51. The molecule has 0 atom stereocenters. The van der Waals surface area contributed by atoms with Gasteiger partial charge in [-0.15, -0.1) is 0 Å². The summed E-state index contributed by atoms with van der Waals surface area (Å²) in [7, 11) is 0. The van der Waals surface area contributed by atoms with Crippen LogP contribution < -0.4 is 0 Å². The highest BCUT2D eigenvalue weighted by molar-refractivity contribution is 6.27. The molecule has 2 aromatic heterocycles. The average Bonchev–Trinajstić information content (AvgIpc) is 3.61. The Morgan fingerprint density at radius 1 is 0.318 bits per heavy atom. The molecule has 44 heavy (non-hydrogen) atoms. The quantitative estimate of drug-likeness (QED) is 0.203. The summed E-state index contributed by atoms with van der Waals surface area (Å²) in [6.07, 6.45) is 0. The Morgan fingerprint density at radius 3 is 1.59 bits per heavy atom. The van der Waals surface area contributed by atoms with Gasteiger partial charge in [-0.3, -0.25) is 0 Å². The van der Waals surface area contributed by atoms with E-state index in [1.54, 1.807) is 0 Å². The highest BCUT2D eigenvalue weighted by atomic mass is 15.0. The van der Waals surface area contributed by atoms with E-state index >= 15 is 0 Å². The van der Waals surface area contributed by atoms with Gasteiger partial charge in [-0.25, -0.2) is 0 Å². The molecule has 9 aromatic rings. The van der Waals surface area contributed by atoms with Crippen molar-refractivity contribution in [2.75, 3.05) is 0 Å². The van der Waals surface area contributed by atoms with E-state index in [9.17, 15) is 0 Å². The molecule has 0 unspecified atom stereocenters. The third-order valence-corrected chi connectivity index (χ3v) is 8.88. The zero-order valence-electron chi connectivity index (χ0n) is 24.1. The lowest BCUT2D eigenvalue weighted by atomic mass is 9.96. The smallest absolute Gasteiger partial charge is 0.0627 e. The standard InChI is InChI=1S/C42H28N2/c1-4-15-29(16-5-1)31-19-14-22-33(27-31)44-37-25-12-10-23-34(37)36-28-39-41(40(42(36)44)30-17-6-2-7-18-30)35-24-11-13-26-38(35)43(39)32-20-8-3-9-21-32/h1-28H. The molecule has 2 nitrogen and oxygen atoms in total. The number of aromatic nitrogens is 2. The second-order valence-corrected chi connectivity index (χ2v) is 11.4. The molecule has 206 valence electrons. The third-order valence-electron chi connectivity index (χ3n) is 8.88. The average molecular weight is 561 g/mol. The van der Waals surface area contributed by atoms with Crippen molar-refractivity contribution in [3.05, 3.63) is 170 Å². The Bertz CT molecular complexity index is 2470. The number of hydrogen-bond donors (Lipinski definition) is 0. The van der Waals surface area contributed by atoms with Crippen molar-refractivity contribution >= 4 is 43.6 Å². The summed E-state index contributed by atoms with van der Waals surface area (Å²) in [5, 5.41) is 5.02. The van der Waals surface area contributed by atoms with Crippen molar-refractivity contribution in [2.45, 2.75) is 0 Å². The van der Waals surface area contributed by atoms with Crippen LogP contribution in [-0.2, 0) is 0 Å². The highest BCUT2D eigenvalue weighted by Crippen LogP contribution is 2.46. The Kier molecular flexibility index (Phi) is 5.54. The molecule has 0 saturated carbocycles. The van der Waals surface area contributed by atoms with Crippen molar-refractivity contribution in [2.24, 2.45) is 0 Å². The number of nitrogens with zero attached hydrogens (tertiary/aromatic N) is 2. The highest BCUT2D eigenvalue weighted by Gasteiger charge is 2.24. The minimum absolute atomic E-state index is 1.15. The van der Waals surface area contributed by atoms with Crippen LogP contribution in [0.4, 0.5) is 0 Å². The van der Waals surface area contributed by atoms with Gasteiger partial charge in [-0.1, -0.05) is 127 Å². The van der Waals surface area contributed by atoms with Crippen LogP contribution in [0, 0.1) is 0 Å². The van der Waals surface area contributed by atoms with Crippen LogP contribution in [-0.4, -0.2) is 9.13 Å². The van der Waals surface area contributed by atoms with Crippen molar-refractivity contribution in [3.63, 3.8) is 0 Å². The van der Waals surface area contributed by atoms with Gasteiger partial charge in [0.25, 0.3) is 0 Å². The van der Waals surface area contributed by atoms with Gasteiger partial charge in [0.05, 0.1) is 22.1 Å². The fourth-order valence-corrected chi connectivity index (χ4v) is 7.04. The van der Waals surface area contributed by atoms with Crippen LogP contribution in [0.2, 0.25) is 0 Å². The molecule has 0 radical (unpaired) electrons. The van der Waals surface area contributed by atoms with Crippen LogP contribution >= 0.6 is 0 Å². The molecule has 0 bridgehead atoms. The van der Waals surface area contributed by atoms with Crippen molar-refractivity contribution in [1.82, 2.24) is 9.13 Å². The molecule has 0 spiro atoms. The predicted molar refractivity (Wildman–Crippen MR) is 186 cm³/mol. The molecule has 2 heterocycles. The van der Waals surface area contributed by atoms with E-state index in [0.717, 1.165) is 11.4 Å². The summed E-state index contributed by atoms with van der Waals surface area (Å²) in [4.78, 5) is 0. The summed E-state index contributed by atoms with van der Waals surface area (Å²) < 4.78 is 4.91. The SMILES string of the molecule is c1ccc(-c2cccc(-n3c4ccccc4c4cc5c(c(-c6ccccc6)c43)c3ccccc3n5-c3ccccc3)c2)cc1. The molecule has 0 fully saturated rings. The second-order valence-electron chi connectivity index (χ2n) is 11.4. The summed E-state index contributed by atoms with van der Waals surface area (Å²) in [5.41, 5.74) is 12.1. The lowest BCUT2D eigenvalue weighted by molar-refractivity contribution is 1.17. The van der Waals surface area contributed by atoms with Crippen LogP contribution in [0.15, 0.2) is 170 Å². The van der Waals surface area contributed by atoms with Crippen molar-refractivity contribution < 1.29 is 0 Å². The maximum Gasteiger partial charge on any atom is 0.0627 e. The molecule has 0 amide bonds. The van der Waals surface area contributed by atoms with Gasteiger partial charge in [0.1, 0.15) is 0 Å². The minimum Gasteiger partial charge on any atom is -0.309 e. The number of para-hydroxylation sites is 3. The third kappa shape index (κ3) is 3.68. The molecule has 0 saturated heterocycles. The zero-order valence-corrected chi connectivity index (χ0v) is 24.1. The Labute approximate surface area is 255 Å². The number of hydrogen-bond acceptors (Lipinski definition) is 0. The van der Waals surface area contributed by atoms with E-state index in [0.29, 0.717) is 0 Å². The maximum atomic E-state index is 2.48. The van der Waals surface area contributed by atoms with E-state index in [1.165, 1.54) is 65.9 Å². The molecule has 0 aliphatic heterocycles. The normalized spacial score (nSPS) is 11.6. The molecular formula is C42H28N2. The fraction of sp³-hybridized carbons (Fsp3) is 0. The van der Waals surface area contributed by atoms with E-state index in [-0.39, 0.29) is 0 Å². The fourth-order valence-electron chi connectivity index (χ4n) is 7.04. The predicted octanol–water partition coefficient (Wildman–Crippen LogP) is 11.2. The lowest BCUT2D eigenvalue weighted by Gasteiger charge is -2.15. The van der Waals surface area contributed by atoms with E-state index in [1.807, 2.05) is 0 Å². The monoisotopic (exact) mass is 560 g/mol. The van der Waals surface area contributed by atoms with Crippen molar-refractivity contribution in [1.29, 1.82) is 0 Å². The Hall–Kier alpha value is -5.86. The number of rotatable bonds is 4. The summed E-state index contributed by atoms with van der Waals surface area (Å²) in [6.45, 7) is 0. The first-order valence-corrected chi connectivity index (χ1v) is 15.1. The van der Waals surface area contributed by atoms with Gasteiger partial charge in [0.2, 0.25) is 0 Å². The molecule has 2 heteroatoms. The number of benzene rings is 7. The summed E-state index contributed by atoms with van der Waals surface area (Å²) in [6, 6.07) is 61.4. The molecule has 0 aliphatic rings.